The molecule has 0 aliphatic carbocycles. The molecule has 1 atom stereocenters. The summed E-state index contributed by atoms with van der Waals surface area (Å²) in [4.78, 5) is 15.2. The van der Waals surface area contributed by atoms with E-state index in [9.17, 15) is 4.79 Å². The molecule has 1 aliphatic heterocycles. The predicted octanol–water partition coefficient (Wildman–Crippen LogP) is 4.10. The van der Waals surface area contributed by atoms with Crippen LogP contribution < -0.4 is 4.90 Å². The number of halogens is 1. The number of carbonyl (C=O) groups is 1. The number of anilines is 1. The van der Waals surface area contributed by atoms with Crippen LogP contribution in [-0.4, -0.2) is 11.9 Å². The highest BCUT2D eigenvalue weighted by Gasteiger charge is 2.31. The fourth-order valence-corrected chi connectivity index (χ4v) is 3.75. The van der Waals surface area contributed by atoms with Crippen molar-refractivity contribution in [2.75, 3.05) is 4.90 Å². The van der Waals surface area contributed by atoms with Gasteiger partial charge in [-0.1, -0.05) is 18.2 Å². The third-order valence-corrected chi connectivity index (χ3v) is 4.82. The van der Waals surface area contributed by atoms with E-state index in [4.69, 9.17) is 0 Å². The Bertz CT molecular complexity index is 607. The first-order valence-electron chi connectivity index (χ1n) is 5.83. The number of thiophene rings is 1. The van der Waals surface area contributed by atoms with Crippen LogP contribution >= 0.6 is 27.3 Å². The van der Waals surface area contributed by atoms with Crippen molar-refractivity contribution in [2.24, 2.45) is 0 Å². The Hall–Kier alpha value is -1.13. The summed E-state index contributed by atoms with van der Waals surface area (Å²) in [5.74, 6) is 0.100. The Balaban J connectivity index is 2.00. The van der Waals surface area contributed by atoms with Gasteiger partial charge in [-0.25, -0.2) is 0 Å². The minimum Gasteiger partial charge on any atom is -0.304 e. The quantitative estimate of drug-likeness (QED) is 0.774. The number of hydrogen-bond donors (Lipinski definition) is 0. The van der Waals surface area contributed by atoms with Crippen LogP contribution in [0.4, 0.5) is 5.69 Å². The van der Waals surface area contributed by atoms with Crippen molar-refractivity contribution in [3.8, 4) is 0 Å². The average molecular weight is 322 g/mol. The first-order valence-corrected chi connectivity index (χ1v) is 7.44. The summed E-state index contributed by atoms with van der Waals surface area (Å²) < 4.78 is 0.992. The van der Waals surface area contributed by atoms with E-state index in [1.54, 1.807) is 0 Å². The van der Waals surface area contributed by atoms with Gasteiger partial charge in [0, 0.05) is 11.7 Å². The Morgan fingerprint density at radius 1 is 1.33 bits per heavy atom. The van der Waals surface area contributed by atoms with E-state index < -0.39 is 0 Å². The number of fused-ring (bicyclic) bond motifs is 1. The second kappa shape index (κ2) is 4.52. The van der Waals surface area contributed by atoms with Gasteiger partial charge in [-0.15, -0.1) is 11.3 Å². The van der Waals surface area contributed by atoms with E-state index in [2.05, 4.69) is 28.9 Å². The summed E-state index contributed by atoms with van der Waals surface area (Å²) in [7, 11) is 0. The molecule has 18 heavy (non-hydrogen) atoms. The molecule has 0 bridgehead atoms. The fourth-order valence-electron chi connectivity index (χ4n) is 2.42. The normalized spacial score (nSPS) is 17.9. The second-order valence-corrected chi connectivity index (χ2v) is 6.92. The molecule has 3 rings (SSSR count). The lowest BCUT2D eigenvalue weighted by atomic mass is 10.1. The van der Waals surface area contributed by atoms with Crippen molar-refractivity contribution >= 4 is 38.9 Å². The molecule has 1 aliphatic rings. The molecular weight excluding hydrogens is 310 g/mol. The Kier molecular flexibility index (Phi) is 2.99. The zero-order valence-electron chi connectivity index (χ0n) is 9.89. The summed E-state index contributed by atoms with van der Waals surface area (Å²) >= 11 is 4.89. The van der Waals surface area contributed by atoms with Gasteiger partial charge >= 0.3 is 0 Å². The van der Waals surface area contributed by atoms with E-state index in [0.29, 0.717) is 0 Å². The molecule has 0 saturated carbocycles. The lowest BCUT2D eigenvalue weighted by molar-refractivity contribution is 0.0985. The molecule has 4 heteroatoms. The summed E-state index contributed by atoms with van der Waals surface area (Å²) in [5.41, 5.74) is 2.31. The molecule has 92 valence electrons. The molecule has 0 unspecified atom stereocenters. The molecule has 1 aromatic heterocycles. The molecule has 0 fully saturated rings. The van der Waals surface area contributed by atoms with Crippen LogP contribution in [0.3, 0.4) is 0 Å². The van der Waals surface area contributed by atoms with Crippen LogP contribution in [0.1, 0.15) is 22.2 Å². The van der Waals surface area contributed by atoms with Gasteiger partial charge in [-0.05, 0) is 53.0 Å². The van der Waals surface area contributed by atoms with Crippen LogP contribution in [0.2, 0.25) is 0 Å². The topological polar surface area (TPSA) is 20.3 Å². The molecule has 2 heterocycles. The second-order valence-electron chi connectivity index (χ2n) is 4.46. The zero-order valence-corrected chi connectivity index (χ0v) is 12.3. The van der Waals surface area contributed by atoms with Gasteiger partial charge in [-0.3, -0.25) is 4.79 Å². The van der Waals surface area contributed by atoms with E-state index in [1.807, 2.05) is 35.2 Å². The minimum atomic E-state index is 0.100. The van der Waals surface area contributed by atoms with Crippen LogP contribution in [0.25, 0.3) is 0 Å². The summed E-state index contributed by atoms with van der Waals surface area (Å²) in [5, 5.41) is 0. The standard InChI is InChI=1S/C14H12BrNOS/c1-9-8-10-4-2-3-5-11(10)16(9)14(17)12-6-7-13(15)18-12/h2-7,9H,8H2,1H3/t9-/m1/s1. The van der Waals surface area contributed by atoms with Gasteiger partial charge < -0.3 is 4.90 Å². The van der Waals surface area contributed by atoms with E-state index in [1.165, 1.54) is 16.9 Å². The van der Waals surface area contributed by atoms with Crippen molar-refractivity contribution in [2.45, 2.75) is 19.4 Å². The minimum absolute atomic E-state index is 0.100. The molecule has 0 saturated heterocycles. The third-order valence-electron chi connectivity index (χ3n) is 3.21. The lowest BCUT2D eigenvalue weighted by Gasteiger charge is -2.21. The number of para-hydroxylation sites is 1. The largest absolute Gasteiger partial charge is 0.304 e. The number of benzene rings is 1. The predicted molar refractivity (Wildman–Crippen MR) is 78.4 cm³/mol. The monoisotopic (exact) mass is 321 g/mol. The molecule has 2 aromatic rings. The maximum absolute atomic E-state index is 12.5. The number of amides is 1. The Morgan fingerprint density at radius 2 is 2.11 bits per heavy atom. The maximum atomic E-state index is 12.5. The van der Waals surface area contributed by atoms with Gasteiger partial charge in [0.25, 0.3) is 5.91 Å². The highest BCUT2D eigenvalue weighted by molar-refractivity contribution is 9.11. The SMILES string of the molecule is C[C@@H]1Cc2ccccc2N1C(=O)c1ccc(Br)s1. The van der Waals surface area contributed by atoms with Crippen molar-refractivity contribution in [1.29, 1.82) is 0 Å². The van der Waals surface area contributed by atoms with Crippen LogP contribution in [0.5, 0.6) is 0 Å². The van der Waals surface area contributed by atoms with Crippen molar-refractivity contribution in [3.63, 3.8) is 0 Å². The first-order chi connectivity index (χ1) is 8.66. The maximum Gasteiger partial charge on any atom is 0.268 e. The van der Waals surface area contributed by atoms with Crippen molar-refractivity contribution in [1.82, 2.24) is 0 Å². The number of hydrogen-bond acceptors (Lipinski definition) is 2. The van der Waals surface area contributed by atoms with Gasteiger partial charge in [0.2, 0.25) is 0 Å². The van der Waals surface area contributed by atoms with Gasteiger partial charge in [0.1, 0.15) is 0 Å². The molecular formula is C14H12BrNOS. The number of nitrogens with zero attached hydrogens (tertiary/aromatic N) is 1. The molecule has 0 radical (unpaired) electrons. The molecule has 1 aromatic carbocycles. The fraction of sp³-hybridized carbons (Fsp3) is 0.214. The van der Waals surface area contributed by atoms with Crippen LogP contribution in [0, 0.1) is 0 Å². The summed E-state index contributed by atoms with van der Waals surface area (Å²) in [6.07, 6.45) is 0.939. The Labute approximate surface area is 118 Å². The van der Waals surface area contributed by atoms with E-state index >= 15 is 0 Å². The number of carbonyl (C=O) groups excluding carboxylic acids is 1. The summed E-state index contributed by atoms with van der Waals surface area (Å²) in [6, 6.07) is 12.2. The lowest BCUT2D eigenvalue weighted by Crippen LogP contribution is -2.35. The molecule has 0 spiro atoms. The third kappa shape index (κ3) is 1.89. The smallest absolute Gasteiger partial charge is 0.268 e. The van der Waals surface area contributed by atoms with Gasteiger partial charge in [0.05, 0.1) is 8.66 Å². The Morgan fingerprint density at radius 3 is 2.83 bits per heavy atom. The molecule has 2 nitrogen and oxygen atoms in total. The first kappa shape index (κ1) is 11.9. The van der Waals surface area contributed by atoms with Crippen molar-refractivity contribution in [3.05, 3.63) is 50.6 Å². The van der Waals surface area contributed by atoms with E-state index in [-0.39, 0.29) is 11.9 Å². The molecule has 0 N–H and O–H groups in total. The van der Waals surface area contributed by atoms with Gasteiger partial charge in [0.15, 0.2) is 0 Å². The number of rotatable bonds is 1. The van der Waals surface area contributed by atoms with Crippen LogP contribution in [-0.2, 0) is 6.42 Å². The highest BCUT2D eigenvalue weighted by Crippen LogP contribution is 2.34. The zero-order chi connectivity index (χ0) is 12.7. The van der Waals surface area contributed by atoms with Crippen LogP contribution in [0.15, 0.2) is 40.2 Å². The average Bonchev–Trinajstić information content (AvgIpc) is 2.91. The summed E-state index contributed by atoms with van der Waals surface area (Å²) in [6.45, 7) is 2.10. The van der Waals surface area contributed by atoms with Gasteiger partial charge in [-0.2, -0.15) is 0 Å². The van der Waals surface area contributed by atoms with Crippen molar-refractivity contribution < 1.29 is 4.79 Å². The highest BCUT2D eigenvalue weighted by atomic mass is 79.9. The molecule has 1 amide bonds. The van der Waals surface area contributed by atoms with E-state index in [0.717, 1.165) is 20.8 Å².